The number of hydrogen-bond acceptors (Lipinski definition) is 7. The van der Waals surface area contributed by atoms with Crippen molar-refractivity contribution in [3.63, 3.8) is 0 Å². The fourth-order valence-electron chi connectivity index (χ4n) is 3.12. The summed E-state index contributed by atoms with van der Waals surface area (Å²) in [7, 11) is 1.62. The molecule has 5 rings (SSSR count). The van der Waals surface area contributed by atoms with Crippen LogP contribution in [0, 0.1) is 0 Å². The van der Waals surface area contributed by atoms with Crippen LogP contribution in [0.15, 0.2) is 53.9 Å². The number of ether oxygens (including phenoxy) is 3. The Kier molecular flexibility index (Phi) is 4.28. The molecule has 1 aliphatic heterocycles. The van der Waals surface area contributed by atoms with E-state index in [4.69, 9.17) is 14.2 Å². The van der Waals surface area contributed by atoms with Gasteiger partial charge in [-0.3, -0.25) is 10.1 Å². The lowest BCUT2D eigenvalue weighted by Gasteiger charge is -2.25. The van der Waals surface area contributed by atoms with E-state index in [1.165, 1.54) is 11.3 Å². The monoisotopic (exact) mass is 408 g/mol. The Morgan fingerprint density at radius 2 is 2.00 bits per heavy atom. The summed E-state index contributed by atoms with van der Waals surface area (Å²) in [6.07, 6.45) is -0.778. The first-order valence-corrected chi connectivity index (χ1v) is 9.78. The number of carbonyl (C=O) groups is 1. The van der Waals surface area contributed by atoms with E-state index in [1.54, 1.807) is 23.8 Å². The van der Waals surface area contributed by atoms with Crippen LogP contribution in [-0.4, -0.2) is 40.3 Å². The quantitative estimate of drug-likeness (QED) is 0.558. The van der Waals surface area contributed by atoms with Gasteiger partial charge in [0, 0.05) is 10.9 Å². The fraction of sp³-hybridized carbons (Fsp3) is 0.150. The Morgan fingerprint density at radius 1 is 1.21 bits per heavy atom. The molecule has 0 bridgehead atoms. The minimum absolute atomic E-state index is 0.123. The number of aromatic nitrogens is 3. The molecular formula is C20H16N4O4S. The summed E-state index contributed by atoms with van der Waals surface area (Å²) in [5, 5.41) is 9.10. The number of carbonyl (C=O) groups excluding carboxylic acids is 1. The van der Waals surface area contributed by atoms with Crippen molar-refractivity contribution in [2.75, 3.05) is 19.0 Å². The van der Waals surface area contributed by atoms with E-state index >= 15 is 0 Å². The van der Waals surface area contributed by atoms with Gasteiger partial charge in [-0.15, -0.1) is 16.4 Å². The molecule has 0 saturated heterocycles. The van der Waals surface area contributed by atoms with Gasteiger partial charge in [0.05, 0.1) is 12.8 Å². The van der Waals surface area contributed by atoms with Crippen LogP contribution in [0.4, 0.5) is 5.95 Å². The molecule has 146 valence electrons. The zero-order chi connectivity index (χ0) is 19.8. The van der Waals surface area contributed by atoms with Crippen LogP contribution in [0.1, 0.15) is 0 Å². The first-order chi connectivity index (χ1) is 14.2. The summed E-state index contributed by atoms with van der Waals surface area (Å²) in [6.45, 7) is 0.123. The molecule has 2 aromatic carbocycles. The van der Waals surface area contributed by atoms with Crippen LogP contribution in [0.25, 0.3) is 16.2 Å². The second-order valence-electron chi connectivity index (χ2n) is 6.30. The number of nitrogens with zero attached hydrogens (tertiary/aromatic N) is 3. The highest BCUT2D eigenvalue weighted by Crippen LogP contribution is 2.33. The van der Waals surface area contributed by atoms with Crippen LogP contribution in [-0.2, 0) is 4.79 Å². The molecule has 1 atom stereocenters. The highest BCUT2D eigenvalue weighted by atomic mass is 32.1. The first-order valence-electron chi connectivity index (χ1n) is 8.90. The van der Waals surface area contributed by atoms with Crippen molar-refractivity contribution < 1.29 is 19.0 Å². The molecule has 9 heteroatoms. The number of amides is 1. The molecule has 0 fully saturated rings. The van der Waals surface area contributed by atoms with Crippen molar-refractivity contribution in [1.82, 2.24) is 14.6 Å². The summed E-state index contributed by atoms with van der Waals surface area (Å²) in [4.78, 5) is 17.7. The van der Waals surface area contributed by atoms with Crippen molar-refractivity contribution in [1.29, 1.82) is 0 Å². The van der Waals surface area contributed by atoms with Crippen molar-refractivity contribution in [2.45, 2.75) is 6.10 Å². The maximum absolute atomic E-state index is 12.6. The lowest BCUT2D eigenvalue weighted by atomic mass is 10.1. The third-order valence-electron chi connectivity index (χ3n) is 4.50. The van der Waals surface area contributed by atoms with E-state index in [9.17, 15) is 4.79 Å². The summed E-state index contributed by atoms with van der Waals surface area (Å²) < 4.78 is 18.5. The molecule has 4 aromatic rings. The number of hydrogen-bond donors (Lipinski definition) is 1. The van der Waals surface area contributed by atoms with Crippen LogP contribution in [0.2, 0.25) is 0 Å². The smallest absolute Gasteiger partial charge is 0.271 e. The highest BCUT2D eigenvalue weighted by molar-refractivity contribution is 7.15. The number of thiazole rings is 1. The van der Waals surface area contributed by atoms with E-state index in [2.05, 4.69) is 15.4 Å². The van der Waals surface area contributed by atoms with Gasteiger partial charge >= 0.3 is 0 Å². The van der Waals surface area contributed by atoms with Gasteiger partial charge in [-0.2, -0.15) is 4.98 Å². The maximum Gasteiger partial charge on any atom is 0.271 e. The Hall–Kier alpha value is -3.59. The van der Waals surface area contributed by atoms with Gasteiger partial charge in [0.25, 0.3) is 11.9 Å². The lowest BCUT2D eigenvalue weighted by Crippen LogP contribution is -2.40. The zero-order valence-electron chi connectivity index (χ0n) is 15.4. The molecule has 1 N–H and O–H groups in total. The standard InChI is InChI=1S/C20H16N4O4S/c1-26-14-7-3-2-6-12(14)13-11-29-20-22-19(23-24(13)20)21-18(25)17-10-27-15-8-4-5-9-16(15)28-17/h2-9,11,17H,10H2,1H3,(H,21,23,25). The SMILES string of the molecule is COc1ccccc1-c1csc2nc(NC(=O)C3COc4ccccc4O3)nn12. The van der Waals surface area contributed by atoms with Crippen LogP contribution >= 0.6 is 11.3 Å². The Bertz CT molecular complexity index is 1200. The van der Waals surface area contributed by atoms with Gasteiger partial charge < -0.3 is 14.2 Å². The molecule has 0 radical (unpaired) electrons. The number of fused-ring (bicyclic) bond motifs is 2. The van der Waals surface area contributed by atoms with Gasteiger partial charge in [0.2, 0.25) is 11.1 Å². The normalized spacial score (nSPS) is 15.3. The predicted octanol–water partition coefficient (Wildman–Crippen LogP) is 3.24. The van der Waals surface area contributed by atoms with Crippen molar-refractivity contribution in [3.8, 4) is 28.5 Å². The van der Waals surface area contributed by atoms with Crippen LogP contribution < -0.4 is 19.5 Å². The summed E-state index contributed by atoms with van der Waals surface area (Å²) >= 11 is 1.43. The van der Waals surface area contributed by atoms with Gasteiger partial charge in [-0.05, 0) is 24.3 Å². The zero-order valence-corrected chi connectivity index (χ0v) is 16.2. The van der Waals surface area contributed by atoms with E-state index < -0.39 is 6.10 Å². The summed E-state index contributed by atoms with van der Waals surface area (Å²) in [5.41, 5.74) is 1.73. The van der Waals surface area contributed by atoms with E-state index in [1.807, 2.05) is 41.8 Å². The van der Waals surface area contributed by atoms with E-state index in [0.717, 1.165) is 17.0 Å². The number of methoxy groups -OCH3 is 1. The molecule has 1 amide bonds. The van der Waals surface area contributed by atoms with Crippen molar-refractivity contribution >= 4 is 28.2 Å². The minimum atomic E-state index is -0.778. The molecule has 29 heavy (non-hydrogen) atoms. The van der Waals surface area contributed by atoms with E-state index in [-0.39, 0.29) is 18.5 Å². The van der Waals surface area contributed by atoms with Crippen molar-refractivity contribution in [3.05, 3.63) is 53.9 Å². The highest BCUT2D eigenvalue weighted by Gasteiger charge is 2.28. The summed E-state index contributed by atoms with van der Waals surface area (Å²) in [6, 6.07) is 14.9. The van der Waals surface area contributed by atoms with E-state index in [0.29, 0.717) is 16.5 Å². The maximum atomic E-state index is 12.6. The third kappa shape index (κ3) is 3.15. The topological polar surface area (TPSA) is 87.0 Å². The Morgan fingerprint density at radius 3 is 2.86 bits per heavy atom. The minimum Gasteiger partial charge on any atom is -0.496 e. The molecule has 0 aliphatic carbocycles. The first kappa shape index (κ1) is 17.5. The van der Waals surface area contributed by atoms with Gasteiger partial charge in [0.1, 0.15) is 12.4 Å². The molecule has 1 unspecified atom stereocenters. The third-order valence-corrected chi connectivity index (χ3v) is 5.32. The average Bonchev–Trinajstić information content (AvgIpc) is 3.33. The number of nitrogens with one attached hydrogen (secondary N) is 1. The molecule has 1 aliphatic rings. The molecule has 0 saturated carbocycles. The lowest BCUT2D eigenvalue weighted by molar-refractivity contribution is -0.125. The van der Waals surface area contributed by atoms with Crippen LogP contribution in [0.3, 0.4) is 0 Å². The summed E-state index contributed by atoms with van der Waals surface area (Å²) in [5.74, 6) is 1.74. The van der Waals surface area contributed by atoms with Gasteiger partial charge in [-0.1, -0.05) is 24.3 Å². The average molecular weight is 408 g/mol. The van der Waals surface area contributed by atoms with Gasteiger partial charge in [0.15, 0.2) is 11.5 Å². The Balaban J connectivity index is 1.38. The largest absolute Gasteiger partial charge is 0.496 e. The second-order valence-corrected chi connectivity index (χ2v) is 7.14. The molecule has 3 heterocycles. The number of anilines is 1. The fourth-order valence-corrected chi connectivity index (χ4v) is 3.94. The Labute approximate surface area is 169 Å². The van der Waals surface area contributed by atoms with Crippen molar-refractivity contribution in [2.24, 2.45) is 0 Å². The second kappa shape index (κ2) is 7.10. The molecular weight excluding hydrogens is 392 g/mol. The number of rotatable bonds is 4. The van der Waals surface area contributed by atoms with Gasteiger partial charge in [-0.25, -0.2) is 4.52 Å². The molecule has 0 spiro atoms. The number of para-hydroxylation sites is 3. The molecule has 8 nitrogen and oxygen atoms in total. The number of benzene rings is 2. The molecule has 2 aromatic heterocycles. The predicted molar refractivity (Wildman–Crippen MR) is 108 cm³/mol. The van der Waals surface area contributed by atoms with Crippen LogP contribution in [0.5, 0.6) is 17.2 Å².